The van der Waals surface area contributed by atoms with Crippen molar-refractivity contribution in [3.63, 3.8) is 0 Å². The van der Waals surface area contributed by atoms with Crippen LogP contribution in [0, 0.1) is 6.92 Å². The van der Waals surface area contributed by atoms with E-state index in [1.54, 1.807) is 20.0 Å². The van der Waals surface area contributed by atoms with Gasteiger partial charge >= 0.3 is 6.18 Å². The van der Waals surface area contributed by atoms with Crippen LogP contribution in [0.25, 0.3) is 0 Å². The van der Waals surface area contributed by atoms with Crippen LogP contribution >= 0.6 is 0 Å². The largest absolute Gasteiger partial charge is 0.405 e. The van der Waals surface area contributed by atoms with Crippen LogP contribution in [-0.2, 0) is 6.54 Å². The van der Waals surface area contributed by atoms with Crippen LogP contribution in [0.3, 0.4) is 0 Å². The van der Waals surface area contributed by atoms with Crippen molar-refractivity contribution >= 4 is 5.82 Å². The molecule has 0 aliphatic carbocycles. The van der Waals surface area contributed by atoms with Gasteiger partial charge in [0.05, 0.1) is 0 Å². The molecule has 0 amide bonds. The zero-order chi connectivity index (χ0) is 13.8. The lowest BCUT2D eigenvalue weighted by molar-refractivity contribution is -0.119. The maximum Gasteiger partial charge on any atom is 0.405 e. The normalized spacial score (nSPS) is 11.7. The molecular weight excluding hydrogens is 243 g/mol. The lowest BCUT2D eigenvalue weighted by Gasteiger charge is -2.25. The van der Waals surface area contributed by atoms with E-state index in [0.717, 1.165) is 11.1 Å². The van der Waals surface area contributed by atoms with Gasteiger partial charge in [0, 0.05) is 19.3 Å². The highest BCUT2D eigenvalue weighted by molar-refractivity contribution is 5.47. The number of pyridine rings is 1. The Bertz CT molecular complexity index is 391. The Hall–Kier alpha value is -1.30. The highest BCUT2D eigenvalue weighted by Crippen LogP contribution is 2.23. The predicted octanol–water partition coefficient (Wildman–Crippen LogP) is 2.50. The van der Waals surface area contributed by atoms with E-state index >= 15 is 0 Å². The first-order valence-corrected chi connectivity index (χ1v) is 5.79. The Kier molecular flexibility index (Phi) is 4.95. The number of halogens is 3. The average molecular weight is 261 g/mol. The standard InChI is InChI=1S/C12H18F3N3/c1-4-18(8-12(13,14)15)11-9(2)5-10(6-16-3)7-17-11/h5,7,16H,4,6,8H2,1-3H3. The molecule has 1 aromatic rings. The smallest absolute Gasteiger partial charge is 0.348 e. The van der Waals surface area contributed by atoms with Gasteiger partial charge in [-0.25, -0.2) is 4.98 Å². The average Bonchev–Trinajstić information content (AvgIpc) is 2.26. The molecule has 18 heavy (non-hydrogen) atoms. The van der Waals surface area contributed by atoms with E-state index in [0.29, 0.717) is 12.4 Å². The second-order valence-corrected chi connectivity index (χ2v) is 4.14. The van der Waals surface area contributed by atoms with E-state index in [2.05, 4.69) is 10.3 Å². The van der Waals surface area contributed by atoms with Crippen molar-refractivity contribution < 1.29 is 13.2 Å². The Morgan fingerprint density at radius 2 is 2.06 bits per heavy atom. The monoisotopic (exact) mass is 261 g/mol. The molecule has 0 atom stereocenters. The van der Waals surface area contributed by atoms with E-state index < -0.39 is 12.7 Å². The number of aryl methyl sites for hydroxylation is 1. The molecule has 0 unspecified atom stereocenters. The van der Waals surface area contributed by atoms with Gasteiger partial charge in [-0.3, -0.25) is 0 Å². The summed E-state index contributed by atoms with van der Waals surface area (Å²) in [7, 11) is 1.81. The molecule has 0 saturated heterocycles. The van der Waals surface area contributed by atoms with Crippen molar-refractivity contribution in [2.24, 2.45) is 0 Å². The van der Waals surface area contributed by atoms with Crippen LogP contribution in [0.15, 0.2) is 12.3 Å². The van der Waals surface area contributed by atoms with Crippen molar-refractivity contribution in [3.8, 4) is 0 Å². The van der Waals surface area contributed by atoms with Crippen molar-refractivity contribution in [1.82, 2.24) is 10.3 Å². The molecule has 0 saturated carbocycles. The summed E-state index contributed by atoms with van der Waals surface area (Å²) in [5.41, 5.74) is 1.72. The van der Waals surface area contributed by atoms with E-state index in [1.165, 1.54) is 4.90 Å². The topological polar surface area (TPSA) is 28.2 Å². The highest BCUT2D eigenvalue weighted by Gasteiger charge is 2.31. The molecular formula is C12H18F3N3. The van der Waals surface area contributed by atoms with Crippen molar-refractivity contribution in [1.29, 1.82) is 0 Å². The lowest BCUT2D eigenvalue weighted by atomic mass is 10.2. The second kappa shape index (κ2) is 6.04. The second-order valence-electron chi connectivity index (χ2n) is 4.14. The van der Waals surface area contributed by atoms with E-state index in [-0.39, 0.29) is 6.54 Å². The number of hydrogen-bond donors (Lipinski definition) is 1. The van der Waals surface area contributed by atoms with Crippen molar-refractivity contribution in [2.75, 3.05) is 25.0 Å². The van der Waals surface area contributed by atoms with Gasteiger partial charge in [-0.1, -0.05) is 0 Å². The van der Waals surface area contributed by atoms with E-state index in [9.17, 15) is 13.2 Å². The van der Waals surface area contributed by atoms with E-state index in [1.807, 2.05) is 13.1 Å². The van der Waals surface area contributed by atoms with E-state index in [4.69, 9.17) is 0 Å². The summed E-state index contributed by atoms with van der Waals surface area (Å²) in [4.78, 5) is 5.37. The maximum atomic E-state index is 12.4. The first-order valence-electron chi connectivity index (χ1n) is 5.79. The number of alkyl halides is 3. The van der Waals surface area contributed by atoms with Gasteiger partial charge in [0.1, 0.15) is 12.4 Å². The molecule has 1 heterocycles. The predicted molar refractivity (Wildman–Crippen MR) is 65.7 cm³/mol. The van der Waals surface area contributed by atoms with Crippen LogP contribution in [0.2, 0.25) is 0 Å². The fourth-order valence-corrected chi connectivity index (χ4v) is 1.81. The maximum absolute atomic E-state index is 12.4. The highest BCUT2D eigenvalue weighted by atomic mass is 19.4. The first-order chi connectivity index (χ1) is 8.37. The minimum atomic E-state index is -4.21. The third kappa shape index (κ3) is 4.18. The van der Waals surface area contributed by atoms with Crippen LogP contribution < -0.4 is 10.2 Å². The SMILES string of the molecule is CCN(CC(F)(F)F)c1ncc(CNC)cc1C. The quantitative estimate of drug-likeness (QED) is 0.882. The molecule has 3 nitrogen and oxygen atoms in total. The minimum absolute atomic E-state index is 0.277. The lowest BCUT2D eigenvalue weighted by Crippen LogP contribution is -2.35. The van der Waals surface area contributed by atoms with Gasteiger partial charge in [0.25, 0.3) is 0 Å². The van der Waals surface area contributed by atoms with Gasteiger partial charge in [0.2, 0.25) is 0 Å². The molecule has 0 bridgehead atoms. The van der Waals surface area contributed by atoms with Crippen LogP contribution in [-0.4, -0.2) is 31.3 Å². The number of rotatable bonds is 5. The molecule has 0 spiro atoms. The molecule has 1 rings (SSSR count). The summed E-state index contributed by atoms with van der Waals surface area (Å²) < 4.78 is 37.3. The van der Waals surface area contributed by atoms with Gasteiger partial charge in [0.15, 0.2) is 0 Å². The minimum Gasteiger partial charge on any atom is -0.348 e. The molecule has 102 valence electrons. The number of hydrogen-bond acceptors (Lipinski definition) is 3. The fraction of sp³-hybridized carbons (Fsp3) is 0.583. The summed E-state index contributed by atoms with van der Waals surface area (Å²) in [6, 6.07) is 1.86. The summed E-state index contributed by atoms with van der Waals surface area (Å²) in [6.45, 7) is 3.43. The third-order valence-electron chi connectivity index (χ3n) is 2.54. The number of aromatic nitrogens is 1. The van der Waals surface area contributed by atoms with Gasteiger partial charge in [-0.15, -0.1) is 0 Å². The molecule has 0 aliphatic rings. The molecule has 0 aromatic carbocycles. The van der Waals surface area contributed by atoms with Crippen LogP contribution in [0.1, 0.15) is 18.1 Å². The zero-order valence-electron chi connectivity index (χ0n) is 10.8. The zero-order valence-corrected chi connectivity index (χ0v) is 10.8. The Morgan fingerprint density at radius 3 is 2.50 bits per heavy atom. The Labute approximate surface area is 105 Å². The first kappa shape index (κ1) is 14.8. The van der Waals surface area contributed by atoms with Crippen LogP contribution in [0.5, 0.6) is 0 Å². The van der Waals surface area contributed by atoms with Gasteiger partial charge < -0.3 is 10.2 Å². The number of anilines is 1. The summed E-state index contributed by atoms with van der Waals surface area (Å²) in [5, 5.41) is 2.98. The van der Waals surface area contributed by atoms with Crippen LogP contribution in [0.4, 0.5) is 19.0 Å². The molecule has 0 aliphatic heterocycles. The Balaban J connectivity index is 2.93. The van der Waals surface area contributed by atoms with Crippen molar-refractivity contribution in [2.45, 2.75) is 26.6 Å². The number of nitrogens with one attached hydrogen (secondary N) is 1. The number of nitrogens with zero attached hydrogens (tertiary/aromatic N) is 2. The Morgan fingerprint density at radius 1 is 1.39 bits per heavy atom. The summed E-state index contributed by atoms with van der Waals surface area (Å²) in [5.74, 6) is 0.398. The van der Waals surface area contributed by atoms with Crippen molar-refractivity contribution in [3.05, 3.63) is 23.4 Å². The summed E-state index contributed by atoms with van der Waals surface area (Å²) in [6.07, 6.45) is -2.61. The molecule has 0 fully saturated rings. The van der Waals surface area contributed by atoms with Gasteiger partial charge in [-0.05, 0) is 38.1 Å². The molecule has 6 heteroatoms. The molecule has 1 N–H and O–H groups in total. The fourth-order valence-electron chi connectivity index (χ4n) is 1.81. The summed E-state index contributed by atoms with van der Waals surface area (Å²) >= 11 is 0. The molecule has 1 aromatic heterocycles. The molecule has 0 radical (unpaired) electrons. The van der Waals surface area contributed by atoms with Gasteiger partial charge in [-0.2, -0.15) is 13.2 Å². The third-order valence-corrected chi connectivity index (χ3v) is 2.54.